The molecule has 0 heterocycles. The highest BCUT2D eigenvalue weighted by Crippen LogP contribution is 2.30. The first-order valence-electron chi connectivity index (χ1n) is 6.74. The fourth-order valence-corrected chi connectivity index (χ4v) is 3.08. The van der Waals surface area contributed by atoms with Gasteiger partial charge in [0.1, 0.15) is 0 Å². The predicted octanol–water partition coefficient (Wildman–Crippen LogP) is 4.60. The van der Waals surface area contributed by atoms with Crippen molar-refractivity contribution in [2.24, 2.45) is 11.8 Å². The molecule has 1 aromatic rings. The standard InChI is InChI=1S/C14H19BrN2O2/c1-10-2-4-11(5-3-10)9-16-12-6-7-14(17(18)19)13(15)8-12/h6-8,10-11,16H,2-5,9H2,1H3. The van der Waals surface area contributed by atoms with Gasteiger partial charge in [-0.2, -0.15) is 0 Å². The van der Waals surface area contributed by atoms with Gasteiger partial charge in [0, 0.05) is 18.3 Å². The van der Waals surface area contributed by atoms with Crippen LogP contribution in [0.2, 0.25) is 0 Å². The summed E-state index contributed by atoms with van der Waals surface area (Å²) in [5, 5.41) is 14.1. The van der Waals surface area contributed by atoms with E-state index in [0.29, 0.717) is 4.47 Å². The van der Waals surface area contributed by atoms with Gasteiger partial charge in [-0.3, -0.25) is 10.1 Å². The monoisotopic (exact) mass is 326 g/mol. The van der Waals surface area contributed by atoms with Gasteiger partial charge in [-0.15, -0.1) is 0 Å². The summed E-state index contributed by atoms with van der Waals surface area (Å²) in [5.74, 6) is 1.59. The molecule has 0 saturated heterocycles. The number of nitrogens with one attached hydrogen (secondary N) is 1. The van der Waals surface area contributed by atoms with Crippen molar-refractivity contribution in [2.45, 2.75) is 32.6 Å². The Hall–Kier alpha value is -1.10. The number of halogens is 1. The van der Waals surface area contributed by atoms with Crippen molar-refractivity contribution in [3.63, 3.8) is 0 Å². The van der Waals surface area contributed by atoms with E-state index in [4.69, 9.17) is 0 Å². The van der Waals surface area contributed by atoms with E-state index < -0.39 is 0 Å². The van der Waals surface area contributed by atoms with Crippen molar-refractivity contribution in [3.05, 3.63) is 32.8 Å². The van der Waals surface area contributed by atoms with Gasteiger partial charge in [0.15, 0.2) is 0 Å². The number of nitrogens with zero attached hydrogens (tertiary/aromatic N) is 1. The van der Waals surface area contributed by atoms with Crippen molar-refractivity contribution in [1.82, 2.24) is 0 Å². The van der Waals surface area contributed by atoms with Crippen LogP contribution < -0.4 is 5.32 Å². The van der Waals surface area contributed by atoms with E-state index in [2.05, 4.69) is 28.2 Å². The van der Waals surface area contributed by atoms with Crippen LogP contribution in [0.3, 0.4) is 0 Å². The molecule has 1 aliphatic rings. The first-order valence-corrected chi connectivity index (χ1v) is 7.53. The van der Waals surface area contributed by atoms with Crippen molar-refractivity contribution < 1.29 is 4.92 Å². The minimum atomic E-state index is -0.379. The number of nitro benzene ring substituents is 1. The highest BCUT2D eigenvalue weighted by molar-refractivity contribution is 9.10. The van der Waals surface area contributed by atoms with Crippen molar-refractivity contribution >= 4 is 27.3 Å². The number of hydrogen-bond donors (Lipinski definition) is 1. The van der Waals surface area contributed by atoms with Gasteiger partial charge in [-0.1, -0.05) is 19.8 Å². The second-order valence-corrected chi connectivity index (χ2v) is 6.28. The molecule has 2 rings (SSSR count). The summed E-state index contributed by atoms with van der Waals surface area (Å²) in [6, 6.07) is 5.09. The third-order valence-corrected chi connectivity index (χ3v) is 4.51. The summed E-state index contributed by atoms with van der Waals surface area (Å²) in [7, 11) is 0. The minimum Gasteiger partial charge on any atom is -0.385 e. The molecule has 0 amide bonds. The number of anilines is 1. The molecule has 1 saturated carbocycles. The van der Waals surface area contributed by atoms with Gasteiger partial charge in [-0.25, -0.2) is 0 Å². The topological polar surface area (TPSA) is 55.2 Å². The maximum absolute atomic E-state index is 10.7. The van der Waals surface area contributed by atoms with E-state index >= 15 is 0 Å². The van der Waals surface area contributed by atoms with E-state index in [-0.39, 0.29) is 10.6 Å². The lowest BCUT2D eigenvalue weighted by atomic mass is 9.83. The summed E-state index contributed by atoms with van der Waals surface area (Å²) >= 11 is 3.24. The van der Waals surface area contributed by atoms with Crippen LogP contribution in [-0.2, 0) is 0 Å². The Morgan fingerprint density at radius 2 is 2.05 bits per heavy atom. The Morgan fingerprint density at radius 1 is 1.37 bits per heavy atom. The predicted molar refractivity (Wildman–Crippen MR) is 80.4 cm³/mol. The zero-order chi connectivity index (χ0) is 13.8. The molecule has 0 unspecified atom stereocenters. The van der Waals surface area contributed by atoms with Crippen molar-refractivity contribution in [1.29, 1.82) is 0 Å². The molecule has 104 valence electrons. The summed E-state index contributed by atoms with van der Waals surface area (Å²) in [6.07, 6.45) is 5.19. The van der Waals surface area contributed by atoms with Crippen LogP contribution in [0, 0.1) is 22.0 Å². The van der Waals surface area contributed by atoms with Crippen molar-refractivity contribution in [3.8, 4) is 0 Å². The molecule has 1 fully saturated rings. The highest BCUT2D eigenvalue weighted by Gasteiger charge is 2.18. The first kappa shape index (κ1) is 14.3. The number of nitro groups is 1. The van der Waals surface area contributed by atoms with Crippen LogP contribution in [0.5, 0.6) is 0 Å². The minimum absolute atomic E-state index is 0.108. The number of rotatable bonds is 4. The fourth-order valence-electron chi connectivity index (χ4n) is 2.56. The summed E-state index contributed by atoms with van der Waals surface area (Å²) < 4.78 is 0.528. The average molecular weight is 327 g/mol. The van der Waals surface area contributed by atoms with E-state index in [0.717, 1.165) is 24.1 Å². The van der Waals surface area contributed by atoms with Gasteiger partial charge >= 0.3 is 0 Å². The molecule has 1 aromatic carbocycles. The Labute approximate surface area is 121 Å². The highest BCUT2D eigenvalue weighted by atomic mass is 79.9. The molecular weight excluding hydrogens is 308 g/mol. The Balaban J connectivity index is 1.89. The molecule has 1 N–H and O–H groups in total. The second kappa shape index (κ2) is 6.37. The fraction of sp³-hybridized carbons (Fsp3) is 0.571. The molecule has 5 heteroatoms. The lowest BCUT2D eigenvalue weighted by Gasteiger charge is -2.26. The Kier molecular flexibility index (Phi) is 4.80. The zero-order valence-corrected chi connectivity index (χ0v) is 12.6. The lowest BCUT2D eigenvalue weighted by molar-refractivity contribution is -0.385. The number of benzene rings is 1. The molecule has 0 aliphatic heterocycles. The van der Waals surface area contributed by atoms with Crippen molar-refractivity contribution in [2.75, 3.05) is 11.9 Å². The van der Waals surface area contributed by atoms with E-state index in [1.807, 2.05) is 0 Å². The maximum atomic E-state index is 10.7. The lowest BCUT2D eigenvalue weighted by Crippen LogP contribution is -2.20. The molecule has 0 aromatic heterocycles. The zero-order valence-electron chi connectivity index (χ0n) is 11.1. The van der Waals surface area contributed by atoms with Gasteiger partial charge in [-0.05, 0) is 52.7 Å². The van der Waals surface area contributed by atoms with Crippen LogP contribution >= 0.6 is 15.9 Å². The first-order chi connectivity index (χ1) is 9.06. The van der Waals surface area contributed by atoms with Gasteiger partial charge in [0.2, 0.25) is 0 Å². The second-order valence-electron chi connectivity index (χ2n) is 5.43. The van der Waals surface area contributed by atoms with E-state index in [1.54, 1.807) is 12.1 Å². The van der Waals surface area contributed by atoms with Crippen LogP contribution in [0.25, 0.3) is 0 Å². The SMILES string of the molecule is CC1CCC(CNc2ccc([N+](=O)[O-])c(Br)c2)CC1. The summed E-state index contributed by atoms with van der Waals surface area (Å²) in [6.45, 7) is 3.27. The molecule has 0 spiro atoms. The Morgan fingerprint density at radius 3 is 2.63 bits per heavy atom. The average Bonchev–Trinajstić information content (AvgIpc) is 2.37. The van der Waals surface area contributed by atoms with Gasteiger partial charge in [0.05, 0.1) is 9.40 Å². The molecule has 19 heavy (non-hydrogen) atoms. The van der Waals surface area contributed by atoms with E-state index in [9.17, 15) is 10.1 Å². The van der Waals surface area contributed by atoms with Gasteiger partial charge < -0.3 is 5.32 Å². The largest absolute Gasteiger partial charge is 0.385 e. The summed E-state index contributed by atoms with van der Waals surface area (Å²) in [5.41, 5.74) is 1.05. The molecule has 4 nitrogen and oxygen atoms in total. The Bertz CT molecular complexity index is 457. The normalized spacial score (nSPS) is 23.1. The van der Waals surface area contributed by atoms with Crippen LogP contribution in [0.4, 0.5) is 11.4 Å². The van der Waals surface area contributed by atoms with Crippen LogP contribution in [-0.4, -0.2) is 11.5 Å². The molecule has 0 radical (unpaired) electrons. The quantitative estimate of drug-likeness (QED) is 0.650. The van der Waals surface area contributed by atoms with Crippen LogP contribution in [0.15, 0.2) is 22.7 Å². The van der Waals surface area contributed by atoms with E-state index in [1.165, 1.54) is 31.7 Å². The third-order valence-electron chi connectivity index (χ3n) is 3.87. The third kappa shape index (κ3) is 3.93. The molecular formula is C14H19BrN2O2. The molecule has 1 aliphatic carbocycles. The smallest absolute Gasteiger partial charge is 0.283 e. The molecule has 0 atom stereocenters. The molecule has 0 bridgehead atoms. The van der Waals surface area contributed by atoms with Crippen LogP contribution in [0.1, 0.15) is 32.6 Å². The summed E-state index contributed by atoms with van der Waals surface area (Å²) in [4.78, 5) is 10.3. The number of hydrogen-bond acceptors (Lipinski definition) is 3. The maximum Gasteiger partial charge on any atom is 0.283 e. The van der Waals surface area contributed by atoms with Gasteiger partial charge in [0.25, 0.3) is 5.69 Å².